The van der Waals surface area contributed by atoms with Crippen molar-refractivity contribution < 1.29 is 4.42 Å². The van der Waals surface area contributed by atoms with Crippen LogP contribution in [0.1, 0.15) is 24.6 Å². The Balaban J connectivity index is 2.05. The van der Waals surface area contributed by atoms with E-state index in [-0.39, 0.29) is 0 Å². The van der Waals surface area contributed by atoms with Crippen molar-refractivity contribution in [2.24, 2.45) is 5.73 Å². The van der Waals surface area contributed by atoms with Gasteiger partial charge in [-0.3, -0.25) is 4.90 Å². The minimum atomic E-state index is 0.471. The van der Waals surface area contributed by atoms with Crippen LogP contribution >= 0.6 is 0 Å². The van der Waals surface area contributed by atoms with E-state index in [1.165, 1.54) is 12.8 Å². The molecule has 1 saturated heterocycles. The van der Waals surface area contributed by atoms with Crippen LogP contribution in [0, 0.1) is 0 Å². The van der Waals surface area contributed by atoms with Gasteiger partial charge in [0.15, 0.2) is 0 Å². The summed E-state index contributed by atoms with van der Waals surface area (Å²) in [5.74, 6) is 1.09. The van der Waals surface area contributed by atoms with Crippen LogP contribution < -0.4 is 5.73 Å². The quantitative estimate of drug-likeness (QED) is 0.764. The number of likely N-dealkylation sites (tertiary alicyclic amines) is 1. The number of nitrogens with two attached hydrogens (primary N) is 1. The molecule has 2 rings (SSSR count). The largest absolute Gasteiger partial charge is 0.468 e. The Labute approximate surface area is 78.5 Å². The van der Waals surface area contributed by atoms with Crippen molar-refractivity contribution in [3.05, 3.63) is 24.2 Å². The van der Waals surface area contributed by atoms with E-state index in [0.717, 1.165) is 25.4 Å². The van der Waals surface area contributed by atoms with Gasteiger partial charge in [-0.15, -0.1) is 0 Å². The lowest BCUT2D eigenvalue weighted by Crippen LogP contribution is -2.28. The summed E-state index contributed by atoms with van der Waals surface area (Å²) in [4.78, 5) is 2.40. The van der Waals surface area contributed by atoms with Gasteiger partial charge in [0.25, 0.3) is 0 Å². The lowest BCUT2D eigenvalue weighted by atomic mass is 10.2. The maximum Gasteiger partial charge on any atom is 0.120 e. The second-order valence-corrected chi connectivity index (χ2v) is 3.50. The van der Waals surface area contributed by atoms with Gasteiger partial charge in [-0.05, 0) is 31.5 Å². The van der Waals surface area contributed by atoms with E-state index in [1.54, 1.807) is 6.26 Å². The molecule has 0 spiro atoms. The summed E-state index contributed by atoms with van der Waals surface area (Å²) in [5, 5.41) is 0. The van der Waals surface area contributed by atoms with E-state index in [2.05, 4.69) is 11.0 Å². The van der Waals surface area contributed by atoms with Crippen LogP contribution in [-0.4, -0.2) is 24.5 Å². The normalized spacial score (nSPS) is 23.9. The van der Waals surface area contributed by atoms with Gasteiger partial charge in [-0.1, -0.05) is 0 Å². The fourth-order valence-corrected chi connectivity index (χ4v) is 2.06. The van der Waals surface area contributed by atoms with Gasteiger partial charge < -0.3 is 10.2 Å². The molecule has 0 unspecified atom stereocenters. The number of rotatable bonds is 3. The van der Waals surface area contributed by atoms with Crippen LogP contribution in [-0.2, 0) is 0 Å². The smallest absolute Gasteiger partial charge is 0.120 e. The lowest BCUT2D eigenvalue weighted by molar-refractivity contribution is 0.235. The van der Waals surface area contributed by atoms with Crippen LogP contribution in [0.5, 0.6) is 0 Å². The predicted molar refractivity (Wildman–Crippen MR) is 51.3 cm³/mol. The summed E-state index contributed by atoms with van der Waals surface area (Å²) in [6, 6.07) is 4.48. The molecule has 1 aliphatic rings. The van der Waals surface area contributed by atoms with Crippen molar-refractivity contribution in [1.82, 2.24) is 4.90 Å². The number of hydrogen-bond donors (Lipinski definition) is 1. The highest BCUT2D eigenvalue weighted by molar-refractivity contribution is 5.06. The Hall–Kier alpha value is -0.800. The third kappa shape index (κ3) is 1.76. The van der Waals surface area contributed by atoms with E-state index < -0.39 is 0 Å². The Bertz CT molecular complexity index is 245. The van der Waals surface area contributed by atoms with Crippen LogP contribution in [0.4, 0.5) is 0 Å². The van der Waals surface area contributed by atoms with Crippen molar-refractivity contribution in [1.29, 1.82) is 0 Å². The first kappa shape index (κ1) is 8.78. The van der Waals surface area contributed by atoms with Crippen LogP contribution in [0.15, 0.2) is 22.8 Å². The molecule has 2 N–H and O–H groups in total. The van der Waals surface area contributed by atoms with Crippen LogP contribution in [0.25, 0.3) is 0 Å². The summed E-state index contributed by atoms with van der Waals surface area (Å²) < 4.78 is 5.41. The predicted octanol–water partition coefficient (Wildman–Crippen LogP) is 1.38. The highest BCUT2D eigenvalue weighted by Gasteiger charge is 2.26. The zero-order valence-corrected chi connectivity index (χ0v) is 7.78. The molecule has 1 aliphatic heterocycles. The Morgan fingerprint density at radius 1 is 1.62 bits per heavy atom. The SMILES string of the molecule is NCCN1CCC[C@@H]1c1ccco1. The van der Waals surface area contributed by atoms with Gasteiger partial charge in [0.1, 0.15) is 5.76 Å². The fraction of sp³-hybridized carbons (Fsp3) is 0.600. The standard InChI is InChI=1S/C10H16N2O/c11-5-7-12-6-1-3-9(12)10-4-2-8-13-10/h2,4,8-9H,1,3,5-7,11H2/t9-/m1/s1. The molecule has 0 bridgehead atoms. The molecule has 13 heavy (non-hydrogen) atoms. The molecule has 0 amide bonds. The fourth-order valence-electron chi connectivity index (χ4n) is 2.06. The summed E-state index contributed by atoms with van der Waals surface area (Å²) in [6.07, 6.45) is 4.20. The molecule has 0 radical (unpaired) electrons. The maximum atomic E-state index is 5.55. The van der Waals surface area contributed by atoms with E-state index in [1.807, 2.05) is 6.07 Å². The van der Waals surface area contributed by atoms with E-state index in [0.29, 0.717) is 6.04 Å². The third-order valence-electron chi connectivity index (χ3n) is 2.65. The van der Waals surface area contributed by atoms with E-state index in [4.69, 9.17) is 10.2 Å². The van der Waals surface area contributed by atoms with Gasteiger partial charge in [0.05, 0.1) is 12.3 Å². The Kier molecular flexibility index (Phi) is 2.66. The summed E-state index contributed by atoms with van der Waals surface area (Å²) in [7, 11) is 0. The van der Waals surface area contributed by atoms with E-state index in [9.17, 15) is 0 Å². The maximum absolute atomic E-state index is 5.55. The topological polar surface area (TPSA) is 42.4 Å². The summed E-state index contributed by atoms with van der Waals surface area (Å²) in [6.45, 7) is 2.87. The lowest BCUT2D eigenvalue weighted by Gasteiger charge is -2.21. The van der Waals surface area contributed by atoms with Crippen molar-refractivity contribution in [2.45, 2.75) is 18.9 Å². The first-order chi connectivity index (χ1) is 6.42. The highest BCUT2D eigenvalue weighted by Crippen LogP contribution is 2.31. The number of nitrogens with zero attached hydrogens (tertiary/aromatic N) is 1. The molecule has 0 aliphatic carbocycles. The zero-order valence-electron chi connectivity index (χ0n) is 7.78. The van der Waals surface area contributed by atoms with Gasteiger partial charge >= 0.3 is 0 Å². The molecule has 1 aromatic rings. The molecular weight excluding hydrogens is 164 g/mol. The summed E-state index contributed by atoms with van der Waals surface area (Å²) >= 11 is 0. The van der Waals surface area contributed by atoms with Gasteiger partial charge in [0.2, 0.25) is 0 Å². The van der Waals surface area contributed by atoms with Gasteiger partial charge in [-0.2, -0.15) is 0 Å². The molecule has 0 saturated carbocycles. The average Bonchev–Trinajstić information content (AvgIpc) is 2.71. The molecule has 2 heterocycles. The van der Waals surface area contributed by atoms with Crippen molar-refractivity contribution in [3.63, 3.8) is 0 Å². The molecular formula is C10H16N2O. The van der Waals surface area contributed by atoms with E-state index >= 15 is 0 Å². The van der Waals surface area contributed by atoms with Gasteiger partial charge in [-0.25, -0.2) is 0 Å². The monoisotopic (exact) mass is 180 g/mol. The average molecular weight is 180 g/mol. The number of hydrogen-bond acceptors (Lipinski definition) is 3. The molecule has 1 atom stereocenters. The molecule has 0 aromatic carbocycles. The highest BCUT2D eigenvalue weighted by atomic mass is 16.3. The zero-order chi connectivity index (χ0) is 9.10. The van der Waals surface area contributed by atoms with Crippen LogP contribution in [0.2, 0.25) is 0 Å². The third-order valence-corrected chi connectivity index (χ3v) is 2.65. The van der Waals surface area contributed by atoms with Crippen molar-refractivity contribution in [3.8, 4) is 0 Å². The molecule has 1 fully saturated rings. The molecule has 3 nitrogen and oxygen atoms in total. The van der Waals surface area contributed by atoms with Crippen molar-refractivity contribution >= 4 is 0 Å². The Morgan fingerprint density at radius 2 is 2.54 bits per heavy atom. The number of furan rings is 1. The molecule has 72 valence electrons. The molecule has 1 aromatic heterocycles. The Morgan fingerprint density at radius 3 is 3.23 bits per heavy atom. The minimum Gasteiger partial charge on any atom is -0.468 e. The first-order valence-electron chi connectivity index (χ1n) is 4.89. The second-order valence-electron chi connectivity index (χ2n) is 3.50. The first-order valence-corrected chi connectivity index (χ1v) is 4.89. The molecule has 3 heteroatoms. The summed E-state index contributed by atoms with van der Waals surface area (Å²) in [5.41, 5.74) is 5.55. The van der Waals surface area contributed by atoms with Crippen molar-refractivity contribution in [2.75, 3.05) is 19.6 Å². The second kappa shape index (κ2) is 3.94. The minimum absolute atomic E-state index is 0.471. The van der Waals surface area contributed by atoms with Gasteiger partial charge in [0, 0.05) is 13.1 Å². The van der Waals surface area contributed by atoms with Crippen LogP contribution in [0.3, 0.4) is 0 Å².